The molecule has 0 aromatic heterocycles. The number of rotatable bonds is 4. The van der Waals surface area contributed by atoms with Gasteiger partial charge >= 0.3 is 5.97 Å². The zero-order chi connectivity index (χ0) is 16.9. The number of nitrogens with one attached hydrogen (secondary N) is 1. The first-order valence-corrected chi connectivity index (χ1v) is 7.69. The molecule has 122 valence electrons. The summed E-state index contributed by atoms with van der Waals surface area (Å²) < 4.78 is 5.11. The van der Waals surface area contributed by atoms with Crippen molar-refractivity contribution < 1.29 is 19.4 Å². The third-order valence-electron chi connectivity index (χ3n) is 4.02. The predicted octanol–water partition coefficient (Wildman–Crippen LogP) is 2.28. The molecular formula is C17H20N2O4. The molecule has 1 amide bonds. The van der Waals surface area contributed by atoms with Gasteiger partial charge in [-0.2, -0.15) is 5.26 Å². The second kappa shape index (κ2) is 7.14. The Morgan fingerprint density at radius 1 is 1.35 bits per heavy atom. The Kier molecular flexibility index (Phi) is 5.22. The molecule has 2 rings (SSSR count). The minimum absolute atomic E-state index is 0.0535. The van der Waals surface area contributed by atoms with Crippen LogP contribution in [0.1, 0.15) is 49.4 Å². The summed E-state index contributed by atoms with van der Waals surface area (Å²) in [6, 6.07) is 7.90. The third-order valence-corrected chi connectivity index (χ3v) is 4.02. The summed E-state index contributed by atoms with van der Waals surface area (Å²) >= 11 is 0. The normalized spacial score (nSPS) is 17.6. The summed E-state index contributed by atoms with van der Waals surface area (Å²) in [6.07, 6.45) is 3.06. The molecule has 0 saturated heterocycles. The number of esters is 1. The number of hydrogen-bond donors (Lipinski definition) is 2. The first-order chi connectivity index (χ1) is 11.0. The molecule has 0 aliphatic heterocycles. The van der Waals surface area contributed by atoms with Crippen LogP contribution in [0.25, 0.3) is 0 Å². The highest BCUT2D eigenvalue weighted by Gasteiger charge is 2.35. The van der Waals surface area contributed by atoms with Crippen molar-refractivity contribution in [2.45, 2.75) is 50.7 Å². The fourth-order valence-corrected chi connectivity index (χ4v) is 2.67. The number of carbonyl (C=O) groups is 2. The first-order valence-electron chi connectivity index (χ1n) is 7.69. The molecule has 23 heavy (non-hydrogen) atoms. The minimum Gasteiger partial charge on any atom is -0.508 e. The molecule has 1 atom stereocenters. The van der Waals surface area contributed by atoms with Crippen LogP contribution in [0.5, 0.6) is 5.75 Å². The van der Waals surface area contributed by atoms with Crippen LogP contribution in [-0.2, 0) is 9.53 Å². The zero-order valence-corrected chi connectivity index (χ0v) is 13.0. The van der Waals surface area contributed by atoms with Gasteiger partial charge in [0.2, 0.25) is 0 Å². The van der Waals surface area contributed by atoms with Gasteiger partial charge in [0.25, 0.3) is 5.91 Å². The van der Waals surface area contributed by atoms with E-state index in [-0.39, 0.29) is 11.3 Å². The van der Waals surface area contributed by atoms with Crippen molar-refractivity contribution >= 4 is 11.9 Å². The van der Waals surface area contributed by atoms with Gasteiger partial charge in [-0.15, -0.1) is 0 Å². The number of hydrogen-bond acceptors (Lipinski definition) is 5. The average molecular weight is 316 g/mol. The van der Waals surface area contributed by atoms with Crippen LogP contribution in [-0.4, -0.2) is 28.6 Å². The minimum atomic E-state index is -1.02. The van der Waals surface area contributed by atoms with E-state index in [4.69, 9.17) is 4.74 Å². The first kappa shape index (κ1) is 16.8. The number of carbonyl (C=O) groups excluding carboxylic acids is 2. The van der Waals surface area contributed by atoms with E-state index in [0.717, 1.165) is 19.3 Å². The van der Waals surface area contributed by atoms with E-state index in [1.54, 1.807) is 0 Å². The van der Waals surface area contributed by atoms with Crippen molar-refractivity contribution in [2.75, 3.05) is 0 Å². The standard InChI is InChI=1S/C17H20N2O4/c1-12(23-16(22)13-6-5-7-14(20)10-13)15(21)19-17(11-18)8-3-2-4-9-17/h5-7,10,12,20H,2-4,8-9H2,1H3,(H,19,21). The van der Waals surface area contributed by atoms with Crippen LogP contribution >= 0.6 is 0 Å². The molecule has 0 heterocycles. The van der Waals surface area contributed by atoms with Crippen molar-refractivity contribution in [2.24, 2.45) is 0 Å². The number of phenolic OH excluding ortho intramolecular Hbond substituents is 1. The second-order valence-corrected chi connectivity index (χ2v) is 5.84. The SMILES string of the molecule is CC(OC(=O)c1cccc(O)c1)C(=O)NC1(C#N)CCCCC1. The Balaban J connectivity index is 1.97. The van der Waals surface area contributed by atoms with E-state index in [0.29, 0.717) is 12.8 Å². The van der Waals surface area contributed by atoms with Crippen molar-refractivity contribution in [3.8, 4) is 11.8 Å². The summed E-state index contributed by atoms with van der Waals surface area (Å²) in [6.45, 7) is 1.46. The van der Waals surface area contributed by atoms with Gasteiger partial charge in [-0.3, -0.25) is 4.79 Å². The lowest BCUT2D eigenvalue weighted by molar-refractivity contribution is -0.130. The molecule has 1 saturated carbocycles. The van der Waals surface area contributed by atoms with Gasteiger partial charge in [-0.1, -0.05) is 25.3 Å². The zero-order valence-electron chi connectivity index (χ0n) is 13.0. The van der Waals surface area contributed by atoms with Crippen molar-refractivity contribution in [3.63, 3.8) is 0 Å². The smallest absolute Gasteiger partial charge is 0.339 e. The Hall–Kier alpha value is -2.55. The molecule has 1 aromatic rings. The number of nitriles is 1. The quantitative estimate of drug-likeness (QED) is 0.830. The summed E-state index contributed by atoms with van der Waals surface area (Å²) in [7, 11) is 0. The lowest BCUT2D eigenvalue weighted by Gasteiger charge is -2.32. The van der Waals surface area contributed by atoms with Gasteiger partial charge < -0.3 is 15.2 Å². The fraction of sp³-hybridized carbons (Fsp3) is 0.471. The molecule has 0 spiro atoms. The van der Waals surface area contributed by atoms with E-state index >= 15 is 0 Å². The predicted molar refractivity (Wildman–Crippen MR) is 82.6 cm³/mol. The molecule has 1 unspecified atom stereocenters. The van der Waals surface area contributed by atoms with Crippen LogP contribution < -0.4 is 5.32 Å². The van der Waals surface area contributed by atoms with Gasteiger partial charge in [-0.05, 0) is 38.0 Å². The summed E-state index contributed by atoms with van der Waals surface area (Å²) in [5, 5.41) is 21.5. The second-order valence-electron chi connectivity index (χ2n) is 5.84. The van der Waals surface area contributed by atoms with E-state index in [1.807, 2.05) is 0 Å². The molecule has 0 bridgehead atoms. The van der Waals surface area contributed by atoms with Crippen LogP contribution in [0.3, 0.4) is 0 Å². The number of phenols is 1. The van der Waals surface area contributed by atoms with Crippen LogP contribution in [0.4, 0.5) is 0 Å². The van der Waals surface area contributed by atoms with Gasteiger partial charge in [0.1, 0.15) is 11.3 Å². The van der Waals surface area contributed by atoms with E-state index in [2.05, 4.69) is 11.4 Å². The van der Waals surface area contributed by atoms with Crippen molar-refractivity contribution in [1.82, 2.24) is 5.32 Å². The molecule has 1 aromatic carbocycles. The molecular weight excluding hydrogens is 296 g/mol. The Bertz CT molecular complexity index is 630. The number of nitrogens with zero attached hydrogens (tertiary/aromatic N) is 1. The Labute approximate surface area is 135 Å². The number of amides is 1. The maximum atomic E-state index is 12.2. The molecule has 0 radical (unpaired) electrons. The fourth-order valence-electron chi connectivity index (χ4n) is 2.67. The highest BCUT2D eigenvalue weighted by molar-refractivity contribution is 5.92. The summed E-state index contributed by atoms with van der Waals surface area (Å²) in [5.41, 5.74) is -0.696. The van der Waals surface area contributed by atoms with Crippen molar-refractivity contribution in [1.29, 1.82) is 5.26 Å². The van der Waals surface area contributed by atoms with Crippen LogP contribution in [0.15, 0.2) is 24.3 Å². The lowest BCUT2D eigenvalue weighted by Crippen LogP contribution is -2.52. The van der Waals surface area contributed by atoms with Gasteiger partial charge in [0.05, 0.1) is 11.6 Å². The Morgan fingerprint density at radius 3 is 2.65 bits per heavy atom. The molecule has 6 heteroatoms. The highest BCUT2D eigenvalue weighted by Crippen LogP contribution is 2.27. The van der Waals surface area contributed by atoms with E-state index in [9.17, 15) is 20.0 Å². The molecule has 1 fully saturated rings. The van der Waals surface area contributed by atoms with Crippen LogP contribution in [0, 0.1) is 11.3 Å². The summed E-state index contributed by atoms with van der Waals surface area (Å²) in [4.78, 5) is 24.2. The topological polar surface area (TPSA) is 99.4 Å². The van der Waals surface area contributed by atoms with Crippen LogP contribution in [0.2, 0.25) is 0 Å². The largest absolute Gasteiger partial charge is 0.508 e. The molecule has 6 nitrogen and oxygen atoms in total. The van der Waals surface area contributed by atoms with E-state index < -0.39 is 23.5 Å². The molecule has 1 aliphatic carbocycles. The summed E-state index contributed by atoms with van der Waals surface area (Å²) in [5.74, 6) is -1.23. The van der Waals surface area contributed by atoms with E-state index in [1.165, 1.54) is 31.2 Å². The van der Waals surface area contributed by atoms with Gasteiger partial charge in [0.15, 0.2) is 6.10 Å². The number of ether oxygens (including phenoxy) is 1. The third kappa shape index (κ3) is 4.22. The van der Waals surface area contributed by atoms with Crippen molar-refractivity contribution in [3.05, 3.63) is 29.8 Å². The molecule has 1 aliphatic rings. The average Bonchev–Trinajstić information content (AvgIpc) is 2.55. The monoisotopic (exact) mass is 316 g/mol. The number of benzene rings is 1. The highest BCUT2D eigenvalue weighted by atomic mass is 16.5. The molecule has 2 N–H and O–H groups in total. The maximum absolute atomic E-state index is 12.2. The Morgan fingerprint density at radius 2 is 2.04 bits per heavy atom. The maximum Gasteiger partial charge on any atom is 0.339 e. The lowest BCUT2D eigenvalue weighted by atomic mass is 9.83. The van der Waals surface area contributed by atoms with Gasteiger partial charge in [0, 0.05) is 0 Å². The van der Waals surface area contributed by atoms with Gasteiger partial charge in [-0.25, -0.2) is 4.79 Å². The number of aromatic hydroxyl groups is 1.